The van der Waals surface area contributed by atoms with Gasteiger partial charge in [-0.15, -0.1) is 0 Å². The first kappa shape index (κ1) is 13.5. The van der Waals surface area contributed by atoms with Crippen molar-refractivity contribution in [1.82, 2.24) is 9.69 Å². The molecule has 0 bridgehead atoms. The molecule has 0 atom stereocenters. The number of hydrogen-bond acceptors (Lipinski definition) is 4. The van der Waals surface area contributed by atoms with Gasteiger partial charge < -0.3 is 10.1 Å². The highest BCUT2D eigenvalue weighted by Crippen LogP contribution is 2.17. The Hall–Kier alpha value is -1.88. The van der Waals surface area contributed by atoms with Crippen LogP contribution in [0.5, 0.6) is 5.75 Å². The first-order chi connectivity index (χ1) is 9.22. The average Bonchev–Trinajstić information content (AvgIpc) is 2.85. The molecule has 0 aliphatic rings. The fourth-order valence-corrected chi connectivity index (χ4v) is 2.52. The van der Waals surface area contributed by atoms with Gasteiger partial charge in [0.2, 0.25) is 0 Å². The van der Waals surface area contributed by atoms with Gasteiger partial charge in [0.15, 0.2) is 0 Å². The molecule has 0 aliphatic carbocycles. The summed E-state index contributed by atoms with van der Waals surface area (Å²) in [6, 6.07) is 7.82. The number of ether oxygens (including phenoxy) is 1. The predicted octanol–water partition coefficient (Wildman–Crippen LogP) is 2.43. The quantitative estimate of drug-likeness (QED) is 0.912. The maximum atomic E-state index is 11.9. The molecule has 0 spiro atoms. The summed E-state index contributed by atoms with van der Waals surface area (Å²) in [5.74, 6) is 0.784. The second kappa shape index (κ2) is 6.33. The molecule has 4 nitrogen and oxygen atoms in total. The van der Waals surface area contributed by atoms with Gasteiger partial charge in [-0.1, -0.05) is 18.2 Å². The van der Waals surface area contributed by atoms with Crippen LogP contribution >= 0.6 is 11.5 Å². The van der Waals surface area contributed by atoms with Crippen LogP contribution in [-0.2, 0) is 6.42 Å². The van der Waals surface area contributed by atoms with Crippen molar-refractivity contribution in [2.45, 2.75) is 13.3 Å². The summed E-state index contributed by atoms with van der Waals surface area (Å²) in [4.78, 5) is 11.9. The molecule has 1 aromatic carbocycles. The molecular weight excluding hydrogens is 260 g/mol. The van der Waals surface area contributed by atoms with Crippen molar-refractivity contribution in [3.63, 3.8) is 0 Å². The second-order valence-corrected chi connectivity index (χ2v) is 4.76. The molecule has 19 heavy (non-hydrogen) atoms. The molecule has 100 valence electrons. The number of rotatable bonds is 5. The van der Waals surface area contributed by atoms with Crippen LogP contribution in [0.25, 0.3) is 0 Å². The molecule has 1 N–H and O–H groups in total. The Bertz CT molecular complexity index is 566. The van der Waals surface area contributed by atoms with Crippen LogP contribution in [0.2, 0.25) is 0 Å². The van der Waals surface area contributed by atoms with Crippen molar-refractivity contribution < 1.29 is 9.53 Å². The van der Waals surface area contributed by atoms with Crippen LogP contribution in [0, 0.1) is 6.92 Å². The van der Waals surface area contributed by atoms with E-state index in [9.17, 15) is 4.79 Å². The number of amides is 1. The number of nitrogens with zero attached hydrogens (tertiary/aromatic N) is 1. The van der Waals surface area contributed by atoms with Gasteiger partial charge in [0.05, 0.1) is 18.4 Å². The van der Waals surface area contributed by atoms with Crippen molar-refractivity contribution in [2.24, 2.45) is 0 Å². The standard InChI is InChI=1S/C14H16N2O2S/c1-10-12(9-19-16-10)14(17)15-8-7-11-5-3-4-6-13(11)18-2/h3-6,9H,7-8H2,1-2H3,(H,15,17). The maximum absolute atomic E-state index is 11.9. The molecule has 1 heterocycles. The van der Waals surface area contributed by atoms with E-state index in [0.29, 0.717) is 12.1 Å². The summed E-state index contributed by atoms with van der Waals surface area (Å²) in [5.41, 5.74) is 2.52. The fraction of sp³-hybridized carbons (Fsp3) is 0.286. The third-order valence-corrected chi connectivity index (χ3v) is 3.59. The van der Waals surface area contributed by atoms with Crippen LogP contribution in [0.3, 0.4) is 0 Å². The number of aryl methyl sites for hydroxylation is 1. The number of carbonyl (C=O) groups excluding carboxylic acids is 1. The van der Waals surface area contributed by atoms with Gasteiger partial charge in [-0.3, -0.25) is 4.79 Å². The molecule has 0 unspecified atom stereocenters. The summed E-state index contributed by atoms with van der Waals surface area (Å²) in [5, 5.41) is 4.67. The zero-order valence-corrected chi connectivity index (χ0v) is 11.8. The lowest BCUT2D eigenvalue weighted by Gasteiger charge is -2.08. The van der Waals surface area contributed by atoms with E-state index in [-0.39, 0.29) is 5.91 Å². The first-order valence-corrected chi connectivity index (χ1v) is 6.87. The molecule has 0 fully saturated rings. The highest BCUT2D eigenvalue weighted by Gasteiger charge is 2.10. The van der Waals surface area contributed by atoms with Crippen molar-refractivity contribution in [3.8, 4) is 5.75 Å². The molecule has 0 saturated heterocycles. The van der Waals surface area contributed by atoms with E-state index in [1.807, 2.05) is 31.2 Å². The van der Waals surface area contributed by atoms with Crippen LogP contribution in [0.1, 0.15) is 21.6 Å². The lowest BCUT2D eigenvalue weighted by molar-refractivity contribution is 0.0953. The Balaban J connectivity index is 1.90. The van der Waals surface area contributed by atoms with Gasteiger partial charge in [-0.2, -0.15) is 4.37 Å². The van der Waals surface area contributed by atoms with E-state index >= 15 is 0 Å². The third-order valence-electron chi connectivity index (χ3n) is 2.87. The highest BCUT2D eigenvalue weighted by atomic mass is 32.1. The van der Waals surface area contributed by atoms with E-state index in [1.54, 1.807) is 12.5 Å². The molecule has 0 radical (unpaired) electrons. The van der Waals surface area contributed by atoms with Crippen LogP contribution in [0.4, 0.5) is 0 Å². The monoisotopic (exact) mass is 276 g/mol. The highest BCUT2D eigenvalue weighted by molar-refractivity contribution is 7.03. The SMILES string of the molecule is COc1ccccc1CCNC(=O)c1csnc1C. The van der Waals surface area contributed by atoms with Gasteiger partial charge >= 0.3 is 0 Å². The lowest BCUT2D eigenvalue weighted by atomic mass is 10.1. The number of aromatic nitrogens is 1. The number of methoxy groups -OCH3 is 1. The minimum atomic E-state index is -0.0684. The summed E-state index contributed by atoms with van der Waals surface area (Å²) < 4.78 is 9.37. The molecule has 1 amide bonds. The zero-order chi connectivity index (χ0) is 13.7. The Kier molecular flexibility index (Phi) is 4.52. The number of benzene rings is 1. The number of para-hydroxylation sites is 1. The Morgan fingerprint density at radius 2 is 2.21 bits per heavy atom. The van der Waals surface area contributed by atoms with Crippen molar-refractivity contribution in [3.05, 3.63) is 46.5 Å². The minimum absolute atomic E-state index is 0.0684. The van der Waals surface area contributed by atoms with E-state index in [1.165, 1.54) is 11.5 Å². The Morgan fingerprint density at radius 1 is 1.42 bits per heavy atom. The normalized spacial score (nSPS) is 10.2. The molecular formula is C14H16N2O2S. The number of nitrogens with one attached hydrogen (secondary N) is 1. The van der Waals surface area contributed by atoms with Gasteiger partial charge in [0.25, 0.3) is 5.91 Å². The number of carbonyl (C=O) groups is 1. The van der Waals surface area contributed by atoms with E-state index < -0.39 is 0 Å². The van der Waals surface area contributed by atoms with Gasteiger partial charge in [-0.05, 0) is 36.5 Å². The summed E-state index contributed by atoms with van der Waals surface area (Å²) in [6.45, 7) is 2.42. The van der Waals surface area contributed by atoms with E-state index in [0.717, 1.165) is 23.4 Å². The zero-order valence-electron chi connectivity index (χ0n) is 11.0. The Labute approximate surface area is 116 Å². The van der Waals surface area contributed by atoms with Gasteiger partial charge in [0, 0.05) is 11.9 Å². The lowest BCUT2D eigenvalue weighted by Crippen LogP contribution is -2.26. The minimum Gasteiger partial charge on any atom is -0.496 e. The molecule has 2 aromatic rings. The Morgan fingerprint density at radius 3 is 2.89 bits per heavy atom. The third kappa shape index (κ3) is 3.32. The predicted molar refractivity (Wildman–Crippen MR) is 75.9 cm³/mol. The van der Waals surface area contributed by atoms with Crippen LogP contribution in [0.15, 0.2) is 29.6 Å². The maximum Gasteiger partial charge on any atom is 0.254 e. The first-order valence-electron chi connectivity index (χ1n) is 6.03. The van der Waals surface area contributed by atoms with E-state index in [2.05, 4.69) is 9.69 Å². The van der Waals surface area contributed by atoms with Crippen molar-refractivity contribution in [2.75, 3.05) is 13.7 Å². The molecule has 0 aliphatic heterocycles. The smallest absolute Gasteiger partial charge is 0.254 e. The summed E-state index contributed by atoms with van der Waals surface area (Å²) in [7, 11) is 1.65. The van der Waals surface area contributed by atoms with Gasteiger partial charge in [0.1, 0.15) is 5.75 Å². The van der Waals surface area contributed by atoms with Crippen LogP contribution in [-0.4, -0.2) is 23.9 Å². The molecule has 2 rings (SSSR count). The largest absolute Gasteiger partial charge is 0.496 e. The molecule has 1 aromatic heterocycles. The fourth-order valence-electron chi connectivity index (χ4n) is 1.83. The molecule has 5 heteroatoms. The van der Waals surface area contributed by atoms with Gasteiger partial charge in [-0.25, -0.2) is 0 Å². The summed E-state index contributed by atoms with van der Waals surface area (Å²) in [6.07, 6.45) is 0.742. The van der Waals surface area contributed by atoms with Crippen molar-refractivity contribution in [1.29, 1.82) is 0 Å². The average molecular weight is 276 g/mol. The van der Waals surface area contributed by atoms with Crippen LogP contribution < -0.4 is 10.1 Å². The van der Waals surface area contributed by atoms with Crippen molar-refractivity contribution >= 4 is 17.4 Å². The summed E-state index contributed by atoms with van der Waals surface area (Å²) >= 11 is 1.30. The van der Waals surface area contributed by atoms with E-state index in [4.69, 9.17) is 4.74 Å². The second-order valence-electron chi connectivity index (χ2n) is 4.13. The topological polar surface area (TPSA) is 51.2 Å². The molecule has 0 saturated carbocycles. The number of hydrogen-bond donors (Lipinski definition) is 1.